The standard InChI is InChI=1S/C23H27BrN4O5S2/c1-4-26-10-11-34-21(26)7-6-15-8-9-27-19-13-17(24)16(23(30)33-5-2)12-18(19)28(22(15)27)14-20(29)25-35(3,31)32/h6-7,12-13H,4-5,8-11,14H2,1-3H3/p+1. The number of imidazole rings is 1. The Balaban J connectivity index is 1.85. The van der Waals surface area contributed by atoms with Gasteiger partial charge in [0.25, 0.3) is 11.7 Å². The predicted octanol–water partition coefficient (Wildman–Crippen LogP) is 2.64. The Morgan fingerprint density at radius 1 is 1.29 bits per heavy atom. The zero-order valence-corrected chi connectivity index (χ0v) is 23.1. The van der Waals surface area contributed by atoms with Gasteiger partial charge in [0.05, 0.1) is 30.0 Å². The van der Waals surface area contributed by atoms with E-state index in [1.165, 1.54) is 5.03 Å². The van der Waals surface area contributed by atoms with Crippen molar-refractivity contribution in [2.45, 2.75) is 33.4 Å². The largest absolute Gasteiger partial charge is 0.462 e. The average Bonchev–Trinajstić information content (AvgIpc) is 3.47. The van der Waals surface area contributed by atoms with Crippen molar-refractivity contribution in [3.63, 3.8) is 0 Å². The molecule has 35 heavy (non-hydrogen) atoms. The molecule has 1 amide bonds. The second-order valence-electron chi connectivity index (χ2n) is 8.27. The van der Waals surface area contributed by atoms with Gasteiger partial charge in [0.1, 0.15) is 0 Å². The van der Waals surface area contributed by atoms with E-state index in [1.54, 1.807) is 17.6 Å². The average molecular weight is 585 g/mol. The Morgan fingerprint density at radius 2 is 2.06 bits per heavy atom. The molecule has 4 rings (SSSR count). The summed E-state index contributed by atoms with van der Waals surface area (Å²) in [7, 11) is -3.71. The van der Waals surface area contributed by atoms with Crippen molar-refractivity contribution < 1.29 is 27.3 Å². The molecule has 1 aromatic carbocycles. The number of rotatable bonds is 7. The van der Waals surface area contributed by atoms with Crippen LogP contribution in [0.4, 0.5) is 0 Å². The lowest BCUT2D eigenvalue weighted by Crippen LogP contribution is -2.35. The first-order chi connectivity index (χ1) is 16.6. The molecule has 0 atom stereocenters. The Hall–Kier alpha value is -2.31. The molecule has 0 unspecified atom stereocenters. The SMILES string of the molecule is CCOC(=O)c1cc2c(cc1Br)[n+]1c(n2CC(=O)NS(C)(=O)=O)C(=CC=C2SCCN2CC)CC1. The van der Waals surface area contributed by atoms with Crippen molar-refractivity contribution >= 4 is 66.2 Å². The first-order valence-corrected chi connectivity index (χ1v) is 15.0. The van der Waals surface area contributed by atoms with Gasteiger partial charge in [0, 0.05) is 47.4 Å². The van der Waals surface area contributed by atoms with Crippen molar-refractivity contribution in [3.8, 4) is 0 Å². The summed E-state index contributed by atoms with van der Waals surface area (Å²) in [6.45, 7) is 6.57. The van der Waals surface area contributed by atoms with Crippen molar-refractivity contribution in [1.29, 1.82) is 0 Å². The minimum Gasteiger partial charge on any atom is -0.462 e. The number of hydrogen-bond donors (Lipinski definition) is 1. The second-order valence-corrected chi connectivity index (χ2v) is 12.0. The van der Waals surface area contributed by atoms with Crippen LogP contribution in [0.5, 0.6) is 0 Å². The Bertz CT molecular complexity index is 1360. The third-order valence-electron chi connectivity index (χ3n) is 5.88. The van der Waals surface area contributed by atoms with E-state index >= 15 is 0 Å². The summed E-state index contributed by atoms with van der Waals surface area (Å²) in [6, 6.07) is 3.54. The number of carbonyl (C=O) groups excluding carboxylic acids is 2. The zero-order valence-electron chi connectivity index (χ0n) is 19.8. The van der Waals surface area contributed by atoms with E-state index < -0.39 is 21.9 Å². The van der Waals surface area contributed by atoms with Gasteiger partial charge in [-0.25, -0.2) is 27.1 Å². The van der Waals surface area contributed by atoms with Gasteiger partial charge < -0.3 is 9.64 Å². The number of nitrogens with zero attached hydrogens (tertiary/aromatic N) is 3. The molecule has 1 N–H and O–H groups in total. The highest BCUT2D eigenvalue weighted by molar-refractivity contribution is 9.10. The number of amides is 1. The molecule has 188 valence electrons. The number of sulfonamides is 1. The van der Waals surface area contributed by atoms with Crippen LogP contribution in [0.1, 0.15) is 36.5 Å². The molecule has 1 saturated heterocycles. The van der Waals surface area contributed by atoms with Gasteiger partial charge in [-0.3, -0.25) is 4.79 Å². The smallest absolute Gasteiger partial charge is 0.339 e. The first kappa shape index (κ1) is 25.8. The summed E-state index contributed by atoms with van der Waals surface area (Å²) in [4.78, 5) is 27.5. The molecule has 0 spiro atoms. The summed E-state index contributed by atoms with van der Waals surface area (Å²) < 4.78 is 35.0. The van der Waals surface area contributed by atoms with Crippen LogP contribution >= 0.6 is 27.7 Å². The molecule has 1 aromatic heterocycles. The number of carbonyl (C=O) groups is 2. The van der Waals surface area contributed by atoms with Gasteiger partial charge in [-0.15, -0.1) is 11.8 Å². The molecule has 2 aliphatic rings. The maximum atomic E-state index is 12.7. The van der Waals surface area contributed by atoms with Gasteiger partial charge in [0.2, 0.25) is 10.0 Å². The van der Waals surface area contributed by atoms with E-state index in [4.69, 9.17) is 4.74 Å². The molecule has 9 nitrogen and oxygen atoms in total. The van der Waals surface area contributed by atoms with Crippen molar-refractivity contribution in [2.75, 3.05) is 31.7 Å². The number of hydrogen-bond acceptors (Lipinski definition) is 7. The quantitative estimate of drug-likeness (QED) is 0.395. The van der Waals surface area contributed by atoms with Crippen LogP contribution < -0.4 is 9.29 Å². The molecular weight excluding hydrogens is 556 g/mol. The van der Waals surface area contributed by atoms with Crippen LogP contribution in [0.25, 0.3) is 16.6 Å². The predicted molar refractivity (Wildman–Crippen MR) is 139 cm³/mol. The second kappa shape index (κ2) is 10.4. The van der Waals surface area contributed by atoms with Gasteiger partial charge in [0.15, 0.2) is 17.6 Å². The van der Waals surface area contributed by atoms with Crippen LogP contribution in [0, 0.1) is 0 Å². The zero-order chi connectivity index (χ0) is 25.3. The normalized spacial score (nSPS) is 18.0. The van der Waals surface area contributed by atoms with Gasteiger partial charge >= 0.3 is 5.97 Å². The van der Waals surface area contributed by atoms with E-state index in [0.717, 1.165) is 48.4 Å². The highest BCUT2D eigenvalue weighted by atomic mass is 79.9. The molecule has 12 heteroatoms. The van der Waals surface area contributed by atoms with Crippen molar-refractivity contribution in [3.05, 3.63) is 45.2 Å². The number of benzene rings is 1. The number of ether oxygens (including phenoxy) is 1. The lowest BCUT2D eigenvalue weighted by molar-refractivity contribution is -0.664. The van der Waals surface area contributed by atoms with Crippen LogP contribution in [0.3, 0.4) is 0 Å². The summed E-state index contributed by atoms with van der Waals surface area (Å²) in [5, 5.41) is 1.21. The number of thioether (sulfide) groups is 1. The molecule has 0 saturated carbocycles. The van der Waals surface area contributed by atoms with Gasteiger partial charge in [-0.2, -0.15) is 0 Å². The monoisotopic (exact) mass is 583 g/mol. The van der Waals surface area contributed by atoms with Crippen molar-refractivity contribution in [1.82, 2.24) is 14.2 Å². The molecule has 0 aliphatic carbocycles. The highest BCUT2D eigenvalue weighted by Crippen LogP contribution is 2.33. The minimum atomic E-state index is -3.71. The number of aromatic nitrogens is 2. The minimum absolute atomic E-state index is 0.209. The maximum absolute atomic E-state index is 12.7. The molecule has 2 aliphatic heterocycles. The summed E-state index contributed by atoms with van der Waals surface area (Å²) in [5.74, 6) is 0.749. The fraction of sp³-hybridized carbons (Fsp3) is 0.435. The molecule has 2 aromatic rings. The van der Waals surface area contributed by atoms with Gasteiger partial charge in [-0.05, 0) is 41.9 Å². The Morgan fingerprint density at radius 3 is 2.74 bits per heavy atom. The summed E-state index contributed by atoms with van der Waals surface area (Å²) in [5.41, 5.74) is 2.87. The number of allylic oxidation sites excluding steroid dienone is 3. The lowest BCUT2D eigenvalue weighted by atomic mass is 10.1. The van der Waals surface area contributed by atoms with E-state index in [9.17, 15) is 18.0 Å². The Kier molecular flexibility index (Phi) is 7.62. The first-order valence-electron chi connectivity index (χ1n) is 11.3. The van der Waals surface area contributed by atoms with Crippen LogP contribution in [-0.4, -0.2) is 61.5 Å². The highest BCUT2D eigenvalue weighted by Gasteiger charge is 2.35. The number of aryl methyl sites for hydroxylation is 1. The molecule has 1 fully saturated rings. The number of nitrogens with one attached hydrogen (secondary N) is 1. The third-order valence-corrected chi connectivity index (χ3v) is 8.21. The van der Waals surface area contributed by atoms with Gasteiger partial charge in [-0.1, -0.05) is 0 Å². The third kappa shape index (κ3) is 5.44. The van der Waals surface area contributed by atoms with Crippen LogP contribution in [0.15, 0.2) is 33.8 Å². The van der Waals surface area contributed by atoms with E-state index in [1.807, 2.05) is 22.6 Å². The van der Waals surface area contributed by atoms with E-state index in [0.29, 0.717) is 22.1 Å². The van der Waals surface area contributed by atoms with Crippen molar-refractivity contribution in [2.24, 2.45) is 0 Å². The summed E-state index contributed by atoms with van der Waals surface area (Å²) in [6.07, 6.45) is 5.92. The van der Waals surface area contributed by atoms with E-state index in [2.05, 4.69) is 44.5 Å². The number of fused-ring (bicyclic) bond motifs is 3. The maximum Gasteiger partial charge on any atom is 0.339 e. The molecule has 0 radical (unpaired) electrons. The topological polar surface area (TPSA) is 102 Å². The number of halogens is 1. The number of esters is 1. The fourth-order valence-corrected chi connectivity index (χ4v) is 6.50. The molecule has 3 heterocycles. The van der Waals surface area contributed by atoms with Crippen LogP contribution in [0.2, 0.25) is 0 Å². The molecular formula is C23H28BrN4O5S2+. The summed E-state index contributed by atoms with van der Waals surface area (Å²) >= 11 is 5.30. The Labute approximate surface area is 217 Å². The molecule has 0 bridgehead atoms. The van der Waals surface area contributed by atoms with Crippen LogP contribution in [-0.2, 0) is 32.6 Å². The lowest BCUT2D eigenvalue weighted by Gasteiger charge is -2.15. The fourth-order valence-electron chi connectivity index (χ4n) is 4.44. The van der Waals surface area contributed by atoms with E-state index in [-0.39, 0.29) is 13.2 Å².